The summed E-state index contributed by atoms with van der Waals surface area (Å²) >= 11 is 3.09. The summed E-state index contributed by atoms with van der Waals surface area (Å²) in [4.78, 5) is 20.9. The molecule has 6 nitrogen and oxygen atoms in total. The van der Waals surface area contributed by atoms with Gasteiger partial charge in [0.15, 0.2) is 0 Å². The number of aromatic nitrogens is 1. The number of rotatable bonds is 9. The molecule has 122 valence electrons. The Morgan fingerprint density at radius 3 is 2.91 bits per heavy atom. The zero-order valence-corrected chi connectivity index (χ0v) is 14.8. The van der Waals surface area contributed by atoms with E-state index in [1.54, 1.807) is 11.8 Å². The SMILES string of the molecule is CSC(C[N+](=O)[O-])=NCCSCc1cc(CN(C)C)ccn1. The molecule has 0 spiro atoms. The van der Waals surface area contributed by atoms with Gasteiger partial charge < -0.3 is 4.90 Å². The van der Waals surface area contributed by atoms with Crippen molar-refractivity contribution in [2.24, 2.45) is 4.99 Å². The molecule has 1 aromatic heterocycles. The number of nitro groups is 1. The molecular formula is C14H22N4O2S2. The minimum absolute atomic E-state index is 0.181. The van der Waals surface area contributed by atoms with Crippen LogP contribution in [0.1, 0.15) is 11.3 Å². The van der Waals surface area contributed by atoms with E-state index in [0.717, 1.165) is 23.7 Å². The molecule has 1 heterocycles. The van der Waals surface area contributed by atoms with Gasteiger partial charge in [0, 0.05) is 35.7 Å². The summed E-state index contributed by atoms with van der Waals surface area (Å²) < 4.78 is 0. The second kappa shape index (κ2) is 10.6. The lowest BCUT2D eigenvalue weighted by molar-refractivity contribution is -0.462. The predicted octanol–water partition coefficient (Wildman–Crippen LogP) is 2.41. The largest absolute Gasteiger partial charge is 0.305 e. The van der Waals surface area contributed by atoms with Gasteiger partial charge in [-0.2, -0.15) is 11.8 Å². The highest BCUT2D eigenvalue weighted by Gasteiger charge is 2.05. The van der Waals surface area contributed by atoms with Crippen LogP contribution in [-0.2, 0) is 12.3 Å². The molecule has 0 saturated heterocycles. The first-order valence-electron chi connectivity index (χ1n) is 6.86. The Kier molecular flexibility index (Phi) is 9.10. The molecule has 0 fully saturated rings. The monoisotopic (exact) mass is 342 g/mol. The van der Waals surface area contributed by atoms with Crippen LogP contribution in [0.3, 0.4) is 0 Å². The van der Waals surface area contributed by atoms with Gasteiger partial charge in [0.05, 0.1) is 5.69 Å². The molecule has 0 unspecified atom stereocenters. The van der Waals surface area contributed by atoms with E-state index < -0.39 is 0 Å². The first-order chi connectivity index (χ1) is 10.5. The highest BCUT2D eigenvalue weighted by Crippen LogP contribution is 2.12. The van der Waals surface area contributed by atoms with Crippen molar-refractivity contribution in [1.29, 1.82) is 0 Å². The Morgan fingerprint density at radius 1 is 1.50 bits per heavy atom. The summed E-state index contributed by atoms with van der Waals surface area (Å²) in [7, 11) is 4.09. The Labute approximate surface area is 139 Å². The number of hydrogen-bond donors (Lipinski definition) is 0. The van der Waals surface area contributed by atoms with Crippen molar-refractivity contribution >= 4 is 28.6 Å². The van der Waals surface area contributed by atoms with Crippen LogP contribution in [-0.4, -0.2) is 59.0 Å². The Balaban J connectivity index is 2.35. The molecule has 0 radical (unpaired) electrons. The number of hydrogen-bond acceptors (Lipinski definition) is 7. The summed E-state index contributed by atoms with van der Waals surface area (Å²) in [6.07, 6.45) is 3.66. The molecule has 1 aromatic rings. The van der Waals surface area contributed by atoms with Gasteiger partial charge in [0.25, 0.3) is 6.54 Å². The maximum Gasteiger partial charge on any atom is 0.250 e. The molecule has 0 aliphatic rings. The predicted molar refractivity (Wildman–Crippen MR) is 95.5 cm³/mol. The van der Waals surface area contributed by atoms with Crippen molar-refractivity contribution in [3.05, 3.63) is 39.7 Å². The minimum atomic E-state index is -0.345. The van der Waals surface area contributed by atoms with Crippen molar-refractivity contribution in [2.75, 3.05) is 39.2 Å². The lowest BCUT2D eigenvalue weighted by Gasteiger charge is -2.10. The summed E-state index contributed by atoms with van der Waals surface area (Å²) in [5.74, 6) is 1.67. The molecule has 0 N–H and O–H groups in total. The van der Waals surface area contributed by atoms with E-state index in [2.05, 4.69) is 20.9 Å². The van der Waals surface area contributed by atoms with Crippen LogP contribution in [0.5, 0.6) is 0 Å². The van der Waals surface area contributed by atoms with Gasteiger partial charge in [0.2, 0.25) is 0 Å². The topological polar surface area (TPSA) is 71.6 Å². The molecule has 22 heavy (non-hydrogen) atoms. The van der Waals surface area contributed by atoms with E-state index in [1.165, 1.54) is 17.3 Å². The molecule has 0 amide bonds. The lowest BCUT2D eigenvalue weighted by Crippen LogP contribution is -2.11. The molecular weight excluding hydrogens is 320 g/mol. The summed E-state index contributed by atoms with van der Waals surface area (Å²) in [5, 5.41) is 11.0. The first kappa shape index (κ1) is 18.9. The fourth-order valence-corrected chi connectivity index (χ4v) is 2.96. The van der Waals surface area contributed by atoms with Crippen LogP contribution in [0.25, 0.3) is 0 Å². The fourth-order valence-electron chi connectivity index (χ4n) is 1.77. The van der Waals surface area contributed by atoms with Crippen molar-refractivity contribution in [3.63, 3.8) is 0 Å². The third kappa shape index (κ3) is 8.35. The number of thioether (sulfide) groups is 2. The minimum Gasteiger partial charge on any atom is -0.305 e. The maximum atomic E-state index is 10.4. The molecule has 0 saturated carbocycles. The Morgan fingerprint density at radius 2 is 2.27 bits per heavy atom. The van der Waals surface area contributed by atoms with Crippen molar-refractivity contribution in [3.8, 4) is 0 Å². The Bertz CT molecular complexity index is 509. The van der Waals surface area contributed by atoms with Gasteiger partial charge in [-0.1, -0.05) is 0 Å². The smallest absolute Gasteiger partial charge is 0.250 e. The van der Waals surface area contributed by atoms with Crippen LogP contribution in [0.4, 0.5) is 0 Å². The standard InChI is InChI=1S/C14H22N4O2S2/c1-17(2)9-12-4-5-15-13(8-12)11-22-7-6-16-14(21-3)10-18(19)20/h4-5,8H,6-7,9-11H2,1-3H3. The third-order valence-corrected chi connectivity index (χ3v) is 4.35. The van der Waals surface area contributed by atoms with Gasteiger partial charge in [0.1, 0.15) is 5.04 Å². The number of nitrogens with zero attached hydrogens (tertiary/aromatic N) is 4. The molecule has 0 aliphatic heterocycles. The van der Waals surface area contributed by atoms with E-state index in [0.29, 0.717) is 11.6 Å². The van der Waals surface area contributed by atoms with E-state index in [9.17, 15) is 10.1 Å². The normalized spacial score (nSPS) is 11.9. The molecule has 1 rings (SSSR count). The van der Waals surface area contributed by atoms with Gasteiger partial charge in [-0.25, -0.2) is 0 Å². The summed E-state index contributed by atoms with van der Waals surface area (Å²) in [6.45, 7) is 1.33. The van der Waals surface area contributed by atoms with Crippen LogP contribution >= 0.6 is 23.5 Å². The van der Waals surface area contributed by atoms with Crippen molar-refractivity contribution in [2.45, 2.75) is 12.3 Å². The van der Waals surface area contributed by atoms with Gasteiger partial charge in [-0.3, -0.25) is 20.1 Å². The number of pyridine rings is 1. The molecule has 0 aliphatic carbocycles. The molecule has 0 atom stereocenters. The van der Waals surface area contributed by atoms with Gasteiger partial charge >= 0.3 is 0 Å². The van der Waals surface area contributed by atoms with E-state index in [4.69, 9.17) is 0 Å². The van der Waals surface area contributed by atoms with Crippen LogP contribution < -0.4 is 0 Å². The van der Waals surface area contributed by atoms with Gasteiger partial charge in [-0.05, 0) is 38.0 Å². The molecule has 8 heteroatoms. The molecule has 0 bridgehead atoms. The average molecular weight is 342 g/mol. The quantitative estimate of drug-likeness (QED) is 0.226. The van der Waals surface area contributed by atoms with E-state index in [1.807, 2.05) is 32.6 Å². The van der Waals surface area contributed by atoms with Crippen LogP contribution in [0, 0.1) is 10.1 Å². The lowest BCUT2D eigenvalue weighted by atomic mass is 10.2. The van der Waals surface area contributed by atoms with Crippen molar-refractivity contribution < 1.29 is 4.92 Å². The maximum absolute atomic E-state index is 10.4. The summed E-state index contributed by atoms with van der Waals surface area (Å²) in [5.41, 5.74) is 2.31. The fraction of sp³-hybridized carbons (Fsp3) is 0.571. The van der Waals surface area contributed by atoms with E-state index in [-0.39, 0.29) is 11.5 Å². The second-order valence-electron chi connectivity index (χ2n) is 4.92. The third-order valence-electron chi connectivity index (χ3n) is 2.65. The zero-order valence-electron chi connectivity index (χ0n) is 13.2. The van der Waals surface area contributed by atoms with Crippen molar-refractivity contribution in [1.82, 2.24) is 9.88 Å². The highest BCUT2D eigenvalue weighted by molar-refractivity contribution is 8.13. The van der Waals surface area contributed by atoms with Crippen LogP contribution in [0.2, 0.25) is 0 Å². The molecule has 0 aromatic carbocycles. The van der Waals surface area contributed by atoms with Gasteiger partial charge in [-0.15, -0.1) is 11.8 Å². The van der Waals surface area contributed by atoms with Crippen LogP contribution in [0.15, 0.2) is 23.3 Å². The van der Waals surface area contributed by atoms with E-state index >= 15 is 0 Å². The summed E-state index contributed by atoms with van der Waals surface area (Å²) in [6, 6.07) is 4.15. The first-order valence-corrected chi connectivity index (χ1v) is 9.24. The average Bonchev–Trinajstić information content (AvgIpc) is 2.45. The highest BCUT2D eigenvalue weighted by atomic mass is 32.2. The zero-order chi connectivity index (χ0) is 16.4. The number of aliphatic imine (C=N–C) groups is 1. The Hall–Kier alpha value is -1.12. The second-order valence-corrected chi connectivity index (χ2v) is 6.90.